The molecule has 1 aromatic rings. The fourth-order valence-corrected chi connectivity index (χ4v) is 4.57. The lowest BCUT2D eigenvalue weighted by Crippen LogP contribution is -2.31. The Kier molecular flexibility index (Phi) is 2.63. The van der Waals surface area contributed by atoms with Crippen LogP contribution in [0.4, 0.5) is 0 Å². The molecule has 0 saturated heterocycles. The Morgan fingerprint density at radius 3 is 2.53 bits per heavy atom. The van der Waals surface area contributed by atoms with E-state index in [0.29, 0.717) is 5.78 Å². The number of benzene rings is 1. The van der Waals surface area contributed by atoms with Gasteiger partial charge in [-0.3, -0.25) is 4.79 Å². The number of fused-ring (bicyclic) bond motifs is 1. The molecule has 0 spiro atoms. The largest absolute Gasteiger partial charge is 0.294 e. The van der Waals surface area contributed by atoms with Crippen molar-refractivity contribution in [1.82, 2.24) is 0 Å². The summed E-state index contributed by atoms with van der Waals surface area (Å²) in [6.07, 6.45) is 0.948. The summed E-state index contributed by atoms with van der Waals surface area (Å²) >= 11 is 3.48. The van der Waals surface area contributed by atoms with E-state index in [1.54, 1.807) is 0 Å². The quantitative estimate of drug-likeness (QED) is 0.714. The van der Waals surface area contributed by atoms with E-state index in [-0.39, 0.29) is 5.54 Å². The topological polar surface area (TPSA) is 17.1 Å². The first-order chi connectivity index (χ1) is 6.91. The van der Waals surface area contributed by atoms with Crippen molar-refractivity contribution in [3.8, 4) is 0 Å². The lowest BCUT2D eigenvalue weighted by atomic mass is 10.1. The minimum Gasteiger partial charge on any atom is -0.294 e. The molecule has 0 aliphatic heterocycles. The van der Waals surface area contributed by atoms with Gasteiger partial charge in [-0.1, -0.05) is 47.7 Å². The Hall–Kier alpha value is -0.413. The zero-order chi connectivity index (χ0) is 11.2. The predicted molar refractivity (Wildman–Crippen MR) is 69.3 cm³/mol. The van der Waals surface area contributed by atoms with Crippen LogP contribution in [0.5, 0.6) is 0 Å². The van der Waals surface area contributed by atoms with Crippen LogP contribution in [-0.2, 0) is 6.42 Å². The summed E-state index contributed by atoms with van der Waals surface area (Å²) in [5.41, 5.74) is 2.43. The van der Waals surface area contributed by atoms with Crippen molar-refractivity contribution in [3.63, 3.8) is 0 Å². The zero-order valence-electron chi connectivity index (χ0n) is 9.30. The second kappa shape index (κ2) is 3.56. The summed E-state index contributed by atoms with van der Waals surface area (Å²) in [5.74, 6) is 0.358. The molecule has 1 atom stereocenters. The molecular weight excluding hydrogens is 268 g/mol. The number of ketones is 1. The standard InChI is InChI=1S/C12H15BrOSi/c1-15(2,3)10-7-8-5-4-6-9(13)11(8)12(10)14/h4-6,10H,7H2,1-3H3. The van der Waals surface area contributed by atoms with E-state index in [0.717, 1.165) is 16.5 Å². The number of carbonyl (C=O) groups excluding carboxylic acids is 1. The zero-order valence-corrected chi connectivity index (χ0v) is 11.9. The Labute approximate surface area is 100 Å². The highest BCUT2D eigenvalue weighted by Gasteiger charge is 2.40. The van der Waals surface area contributed by atoms with Gasteiger partial charge in [-0.05, 0) is 18.1 Å². The minimum atomic E-state index is -1.38. The molecule has 0 heterocycles. The first-order valence-electron chi connectivity index (χ1n) is 5.23. The molecule has 1 aliphatic rings. The van der Waals surface area contributed by atoms with Crippen molar-refractivity contribution in [3.05, 3.63) is 33.8 Å². The Bertz CT molecular complexity index is 420. The molecule has 2 rings (SSSR count). The molecule has 1 aliphatic carbocycles. The summed E-state index contributed by atoms with van der Waals surface area (Å²) in [6, 6.07) is 6.06. The number of Topliss-reactive ketones (excluding diaryl/α,β-unsaturated/α-hetero) is 1. The third-order valence-electron chi connectivity index (χ3n) is 3.13. The van der Waals surface area contributed by atoms with Gasteiger partial charge in [0.1, 0.15) is 0 Å². The number of rotatable bonds is 1. The van der Waals surface area contributed by atoms with Gasteiger partial charge < -0.3 is 0 Å². The van der Waals surface area contributed by atoms with Crippen LogP contribution in [0.3, 0.4) is 0 Å². The van der Waals surface area contributed by atoms with E-state index in [4.69, 9.17) is 0 Å². The van der Waals surface area contributed by atoms with Crippen LogP contribution in [-0.4, -0.2) is 13.9 Å². The molecule has 80 valence electrons. The molecule has 0 N–H and O–H groups in total. The van der Waals surface area contributed by atoms with Crippen molar-refractivity contribution in [1.29, 1.82) is 0 Å². The maximum atomic E-state index is 12.3. The van der Waals surface area contributed by atoms with Gasteiger partial charge in [-0.15, -0.1) is 0 Å². The third kappa shape index (κ3) is 1.83. The molecule has 1 unspecified atom stereocenters. The molecule has 0 bridgehead atoms. The van der Waals surface area contributed by atoms with Crippen LogP contribution in [0, 0.1) is 0 Å². The lowest BCUT2D eigenvalue weighted by molar-refractivity contribution is 0.0991. The number of hydrogen-bond donors (Lipinski definition) is 0. The van der Waals surface area contributed by atoms with Crippen molar-refractivity contribution in [2.75, 3.05) is 0 Å². The Morgan fingerprint density at radius 1 is 1.33 bits per heavy atom. The Balaban J connectivity index is 2.47. The number of carbonyl (C=O) groups is 1. The van der Waals surface area contributed by atoms with Gasteiger partial charge in [0, 0.05) is 15.6 Å². The monoisotopic (exact) mass is 282 g/mol. The predicted octanol–water partition coefficient (Wildman–Crippen LogP) is 3.90. The van der Waals surface area contributed by atoms with E-state index < -0.39 is 8.07 Å². The van der Waals surface area contributed by atoms with E-state index in [9.17, 15) is 4.79 Å². The molecule has 1 nitrogen and oxygen atoms in total. The van der Waals surface area contributed by atoms with Crippen molar-refractivity contribution < 1.29 is 4.79 Å². The van der Waals surface area contributed by atoms with Crippen LogP contribution >= 0.6 is 15.9 Å². The fraction of sp³-hybridized carbons (Fsp3) is 0.417. The summed E-state index contributed by atoms with van der Waals surface area (Å²) in [5, 5.41) is 0. The average Bonchev–Trinajstić information content (AvgIpc) is 2.44. The first-order valence-corrected chi connectivity index (χ1v) is 9.60. The second-order valence-electron chi connectivity index (χ2n) is 5.26. The van der Waals surface area contributed by atoms with Crippen LogP contribution in [0.25, 0.3) is 0 Å². The molecule has 0 aromatic heterocycles. The van der Waals surface area contributed by atoms with E-state index in [1.807, 2.05) is 12.1 Å². The van der Waals surface area contributed by atoms with Gasteiger partial charge in [-0.2, -0.15) is 0 Å². The third-order valence-corrected chi connectivity index (χ3v) is 6.35. The highest BCUT2D eigenvalue weighted by atomic mass is 79.9. The van der Waals surface area contributed by atoms with Gasteiger partial charge >= 0.3 is 0 Å². The van der Waals surface area contributed by atoms with Crippen molar-refractivity contribution in [2.45, 2.75) is 31.6 Å². The summed E-state index contributed by atoms with van der Waals surface area (Å²) in [4.78, 5) is 12.3. The second-order valence-corrected chi connectivity index (χ2v) is 11.5. The fourth-order valence-electron chi connectivity index (χ4n) is 2.20. The van der Waals surface area contributed by atoms with Crippen molar-refractivity contribution >= 4 is 29.8 Å². The van der Waals surface area contributed by atoms with Gasteiger partial charge in [0.2, 0.25) is 0 Å². The highest BCUT2D eigenvalue weighted by molar-refractivity contribution is 9.10. The Morgan fingerprint density at radius 2 is 2.00 bits per heavy atom. The first kappa shape index (κ1) is 11.1. The van der Waals surface area contributed by atoms with Gasteiger partial charge in [0.25, 0.3) is 0 Å². The van der Waals surface area contributed by atoms with Crippen LogP contribution < -0.4 is 0 Å². The molecule has 0 amide bonds. The SMILES string of the molecule is C[Si](C)(C)C1Cc2cccc(Br)c2C1=O. The van der Waals surface area contributed by atoms with Crippen molar-refractivity contribution in [2.24, 2.45) is 0 Å². The molecular formula is C12H15BrOSi. The maximum absolute atomic E-state index is 12.3. The minimum absolute atomic E-state index is 0.270. The van der Waals surface area contributed by atoms with Gasteiger partial charge in [0.15, 0.2) is 5.78 Å². The molecule has 0 saturated carbocycles. The van der Waals surface area contributed by atoms with E-state index in [2.05, 4.69) is 41.6 Å². The van der Waals surface area contributed by atoms with Gasteiger partial charge in [-0.25, -0.2) is 0 Å². The highest BCUT2D eigenvalue weighted by Crippen LogP contribution is 2.40. The molecule has 1 aromatic carbocycles. The number of hydrogen-bond acceptors (Lipinski definition) is 1. The molecule has 3 heteroatoms. The average molecular weight is 283 g/mol. The normalized spacial score (nSPS) is 20.5. The van der Waals surface area contributed by atoms with Crippen LogP contribution in [0.1, 0.15) is 15.9 Å². The van der Waals surface area contributed by atoms with Gasteiger partial charge in [0.05, 0.1) is 8.07 Å². The lowest BCUT2D eigenvalue weighted by Gasteiger charge is -2.22. The molecule has 15 heavy (non-hydrogen) atoms. The smallest absolute Gasteiger partial charge is 0.165 e. The summed E-state index contributed by atoms with van der Waals surface area (Å²) in [6.45, 7) is 6.82. The van der Waals surface area contributed by atoms with E-state index >= 15 is 0 Å². The summed E-state index contributed by atoms with van der Waals surface area (Å²) < 4.78 is 0.964. The van der Waals surface area contributed by atoms with E-state index in [1.165, 1.54) is 5.56 Å². The van der Waals surface area contributed by atoms with Crippen LogP contribution in [0.2, 0.25) is 25.2 Å². The van der Waals surface area contributed by atoms with Crippen LogP contribution in [0.15, 0.2) is 22.7 Å². The summed E-state index contributed by atoms with van der Waals surface area (Å²) in [7, 11) is -1.38. The molecule has 0 radical (unpaired) electrons. The number of halogens is 1. The maximum Gasteiger partial charge on any atom is 0.165 e. The molecule has 0 fully saturated rings.